The van der Waals surface area contributed by atoms with Crippen molar-refractivity contribution >= 4 is 28.3 Å². The van der Waals surface area contributed by atoms with Gasteiger partial charge in [-0.1, -0.05) is 0 Å². The molecule has 1 heterocycles. The third-order valence-electron chi connectivity index (χ3n) is 2.52. The van der Waals surface area contributed by atoms with E-state index >= 15 is 0 Å². The molecule has 0 atom stereocenters. The van der Waals surface area contributed by atoms with Gasteiger partial charge in [0.25, 0.3) is 5.91 Å². The predicted octanol–water partition coefficient (Wildman–Crippen LogP) is 1.96. The zero-order valence-electron chi connectivity index (χ0n) is 10.9. The number of nitrogens with zero attached hydrogens (tertiary/aromatic N) is 1. The summed E-state index contributed by atoms with van der Waals surface area (Å²) in [5.74, 6) is -2.23. The smallest absolute Gasteiger partial charge is 0.311 e. The normalized spacial score (nSPS) is 10.2. The van der Waals surface area contributed by atoms with Crippen molar-refractivity contribution in [1.29, 1.82) is 0 Å². The Morgan fingerprint density at radius 3 is 2.90 bits per heavy atom. The van der Waals surface area contributed by atoms with Crippen molar-refractivity contribution in [3.8, 4) is 5.75 Å². The van der Waals surface area contributed by atoms with Crippen molar-refractivity contribution in [1.82, 2.24) is 4.98 Å². The van der Waals surface area contributed by atoms with Gasteiger partial charge in [0.15, 0.2) is 5.13 Å². The molecule has 0 saturated heterocycles. The molecule has 0 aliphatic rings. The number of hydrogen-bond donors (Lipinski definition) is 2. The Kier molecular flexibility index (Phi) is 4.49. The highest BCUT2D eigenvalue weighted by molar-refractivity contribution is 7.14. The van der Waals surface area contributed by atoms with Crippen molar-refractivity contribution in [3.63, 3.8) is 0 Å². The number of amides is 1. The Labute approximate surface area is 123 Å². The van der Waals surface area contributed by atoms with E-state index in [1.165, 1.54) is 19.2 Å². The fourth-order valence-electron chi connectivity index (χ4n) is 1.52. The van der Waals surface area contributed by atoms with E-state index in [0.717, 1.165) is 17.4 Å². The molecule has 0 aliphatic carbocycles. The molecule has 0 unspecified atom stereocenters. The molecule has 2 aromatic rings. The number of carbonyl (C=O) groups excluding carboxylic acids is 2. The molecule has 1 amide bonds. The minimum absolute atomic E-state index is 0.00353. The van der Waals surface area contributed by atoms with Gasteiger partial charge in [-0.3, -0.25) is 14.9 Å². The van der Waals surface area contributed by atoms with E-state index in [1.807, 2.05) is 0 Å². The number of rotatable bonds is 4. The first-order valence-corrected chi connectivity index (χ1v) is 6.68. The predicted molar refractivity (Wildman–Crippen MR) is 73.9 cm³/mol. The van der Waals surface area contributed by atoms with E-state index < -0.39 is 17.7 Å². The first-order valence-electron chi connectivity index (χ1n) is 5.80. The molecule has 0 radical (unpaired) electrons. The Morgan fingerprint density at radius 1 is 1.48 bits per heavy atom. The summed E-state index contributed by atoms with van der Waals surface area (Å²) in [5.41, 5.74) is 0.242. The Bertz CT molecular complexity index is 687. The van der Waals surface area contributed by atoms with Crippen LogP contribution in [0.25, 0.3) is 0 Å². The number of aromatic nitrogens is 1. The molecule has 0 spiro atoms. The number of nitrogens with one attached hydrogen (secondary N) is 1. The molecule has 21 heavy (non-hydrogen) atoms. The zero-order valence-corrected chi connectivity index (χ0v) is 11.7. The minimum Gasteiger partial charge on any atom is -0.508 e. The largest absolute Gasteiger partial charge is 0.508 e. The van der Waals surface area contributed by atoms with Crippen LogP contribution < -0.4 is 5.32 Å². The van der Waals surface area contributed by atoms with Crippen molar-refractivity contribution in [2.45, 2.75) is 6.42 Å². The van der Waals surface area contributed by atoms with E-state index in [0.29, 0.717) is 5.69 Å². The van der Waals surface area contributed by atoms with E-state index in [4.69, 9.17) is 5.11 Å². The first kappa shape index (κ1) is 14.9. The Balaban J connectivity index is 2.07. The summed E-state index contributed by atoms with van der Waals surface area (Å²) in [6, 6.07) is 3.23. The molecule has 0 fully saturated rings. The van der Waals surface area contributed by atoms with Gasteiger partial charge in [-0.25, -0.2) is 9.37 Å². The topological polar surface area (TPSA) is 88.5 Å². The van der Waals surface area contributed by atoms with E-state index in [2.05, 4.69) is 15.0 Å². The number of ether oxygens (including phenoxy) is 1. The van der Waals surface area contributed by atoms with E-state index in [-0.39, 0.29) is 22.9 Å². The number of phenols is 1. The number of thiazole rings is 1. The number of hydrogen-bond acceptors (Lipinski definition) is 6. The summed E-state index contributed by atoms with van der Waals surface area (Å²) in [4.78, 5) is 27.0. The third kappa shape index (κ3) is 3.76. The number of carbonyl (C=O) groups is 2. The van der Waals surface area contributed by atoms with Crippen LogP contribution in [0.1, 0.15) is 16.1 Å². The maximum absolute atomic E-state index is 13.5. The third-order valence-corrected chi connectivity index (χ3v) is 3.33. The van der Waals surface area contributed by atoms with Crippen LogP contribution in [0.3, 0.4) is 0 Å². The van der Waals surface area contributed by atoms with Crippen molar-refractivity contribution in [3.05, 3.63) is 40.7 Å². The summed E-state index contributed by atoms with van der Waals surface area (Å²) >= 11 is 1.11. The molecule has 0 bridgehead atoms. The van der Waals surface area contributed by atoms with Crippen LogP contribution in [0, 0.1) is 5.82 Å². The van der Waals surface area contributed by atoms with Gasteiger partial charge in [0.2, 0.25) is 0 Å². The Hall–Kier alpha value is -2.48. The molecule has 0 saturated carbocycles. The highest BCUT2D eigenvalue weighted by Crippen LogP contribution is 2.19. The minimum atomic E-state index is -0.834. The quantitative estimate of drug-likeness (QED) is 0.843. The standard InChI is InChI=1S/C13H11FN2O4S/c1-20-11(18)4-7-6-21-13(15-7)16-12(19)9-3-2-8(17)5-10(9)14/h2-3,5-6,17H,4H2,1H3,(H,15,16,19). The maximum atomic E-state index is 13.5. The van der Waals surface area contributed by atoms with Crippen LogP contribution >= 0.6 is 11.3 Å². The highest BCUT2D eigenvalue weighted by Gasteiger charge is 2.15. The maximum Gasteiger partial charge on any atom is 0.311 e. The van der Waals surface area contributed by atoms with Crippen molar-refractivity contribution in [2.24, 2.45) is 0 Å². The second-order valence-electron chi connectivity index (χ2n) is 4.02. The number of anilines is 1. The zero-order chi connectivity index (χ0) is 15.4. The van der Waals surface area contributed by atoms with Crippen LogP contribution in [-0.4, -0.2) is 29.1 Å². The van der Waals surface area contributed by atoms with Crippen molar-refractivity contribution < 1.29 is 23.8 Å². The molecular weight excluding hydrogens is 299 g/mol. The van der Waals surface area contributed by atoms with Gasteiger partial charge in [-0.05, 0) is 12.1 Å². The number of phenolic OH excluding ortho intramolecular Hbond substituents is 1. The number of benzene rings is 1. The molecule has 110 valence electrons. The lowest BCUT2D eigenvalue weighted by Crippen LogP contribution is -2.13. The molecule has 2 rings (SSSR count). The molecule has 1 aromatic carbocycles. The van der Waals surface area contributed by atoms with Gasteiger partial charge >= 0.3 is 5.97 Å². The summed E-state index contributed by atoms with van der Waals surface area (Å²) in [7, 11) is 1.27. The molecular formula is C13H11FN2O4S. The fourth-order valence-corrected chi connectivity index (χ4v) is 2.22. The van der Waals surface area contributed by atoms with E-state index in [9.17, 15) is 14.0 Å². The molecule has 6 nitrogen and oxygen atoms in total. The van der Waals surface area contributed by atoms with Crippen LogP contribution in [0.4, 0.5) is 9.52 Å². The van der Waals surface area contributed by atoms with Gasteiger partial charge in [0, 0.05) is 11.4 Å². The average molecular weight is 310 g/mol. The second kappa shape index (κ2) is 6.31. The number of aromatic hydroxyl groups is 1. The van der Waals surface area contributed by atoms with Gasteiger partial charge in [0.1, 0.15) is 11.6 Å². The summed E-state index contributed by atoms with van der Waals surface area (Å²) in [6.07, 6.45) is -0.00353. The molecule has 8 heteroatoms. The summed E-state index contributed by atoms with van der Waals surface area (Å²) in [6.45, 7) is 0. The summed E-state index contributed by atoms with van der Waals surface area (Å²) < 4.78 is 18.0. The van der Waals surface area contributed by atoms with Gasteiger partial charge in [-0.15, -0.1) is 11.3 Å². The summed E-state index contributed by atoms with van der Waals surface area (Å²) in [5, 5.41) is 13.4. The first-order chi connectivity index (χ1) is 9.99. The van der Waals surface area contributed by atoms with Crippen LogP contribution in [-0.2, 0) is 16.0 Å². The molecule has 1 aromatic heterocycles. The lowest BCUT2D eigenvalue weighted by atomic mass is 10.2. The van der Waals surface area contributed by atoms with Gasteiger partial charge in [0.05, 0.1) is 24.8 Å². The SMILES string of the molecule is COC(=O)Cc1csc(NC(=O)c2ccc(O)cc2F)n1. The van der Waals surface area contributed by atoms with Crippen LogP contribution in [0.2, 0.25) is 0 Å². The average Bonchev–Trinajstić information content (AvgIpc) is 2.85. The van der Waals surface area contributed by atoms with Crippen molar-refractivity contribution in [2.75, 3.05) is 12.4 Å². The van der Waals surface area contributed by atoms with Crippen LogP contribution in [0.5, 0.6) is 5.75 Å². The number of esters is 1. The Morgan fingerprint density at radius 2 is 2.24 bits per heavy atom. The lowest BCUT2D eigenvalue weighted by Gasteiger charge is -2.03. The number of methoxy groups -OCH3 is 1. The van der Waals surface area contributed by atoms with Gasteiger partial charge in [-0.2, -0.15) is 0 Å². The molecule has 0 aliphatic heterocycles. The highest BCUT2D eigenvalue weighted by atomic mass is 32.1. The van der Waals surface area contributed by atoms with Gasteiger partial charge < -0.3 is 9.84 Å². The molecule has 2 N–H and O–H groups in total. The van der Waals surface area contributed by atoms with Crippen LogP contribution in [0.15, 0.2) is 23.6 Å². The lowest BCUT2D eigenvalue weighted by molar-refractivity contribution is -0.139. The monoisotopic (exact) mass is 310 g/mol. The fraction of sp³-hybridized carbons (Fsp3) is 0.154. The number of halogens is 1. The second-order valence-corrected chi connectivity index (χ2v) is 4.87. The van der Waals surface area contributed by atoms with E-state index in [1.54, 1.807) is 5.38 Å².